The van der Waals surface area contributed by atoms with E-state index in [2.05, 4.69) is 26.4 Å². The Balaban J connectivity index is 3.39. The molecular formula is C7H16S3. The van der Waals surface area contributed by atoms with Gasteiger partial charge in [-0.1, -0.05) is 35.4 Å². The minimum atomic E-state index is 0.787. The first-order chi connectivity index (χ1) is 4.70. The average Bonchev–Trinajstić information content (AvgIpc) is 1.86. The van der Waals surface area contributed by atoms with Crippen LogP contribution in [0.5, 0.6) is 0 Å². The lowest BCUT2D eigenvalue weighted by atomic mass is 10.2. The summed E-state index contributed by atoms with van der Waals surface area (Å²) in [7, 11) is 3.86. The fraction of sp³-hybridized carbons (Fsp3) is 1.00. The van der Waals surface area contributed by atoms with Gasteiger partial charge in [0.05, 0.1) is 4.58 Å². The van der Waals surface area contributed by atoms with Gasteiger partial charge in [0, 0.05) is 0 Å². The molecule has 1 atom stereocenters. The molecule has 0 nitrogen and oxygen atoms in total. The number of hydrogen-bond acceptors (Lipinski definition) is 3. The summed E-state index contributed by atoms with van der Waals surface area (Å²) in [6.45, 7) is 4.56. The summed E-state index contributed by atoms with van der Waals surface area (Å²) in [4.78, 5) is 0. The van der Waals surface area contributed by atoms with Crippen LogP contribution in [0.2, 0.25) is 0 Å². The molecule has 1 unspecified atom stereocenters. The normalized spacial score (nSPS) is 14.1. The lowest BCUT2D eigenvalue weighted by molar-refractivity contribution is 0.621. The molecule has 0 fully saturated rings. The maximum Gasteiger partial charge on any atom is 0.0605 e. The Morgan fingerprint density at radius 3 is 2.10 bits per heavy atom. The van der Waals surface area contributed by atoms with Crippen LogP contribution in [-0.2, 0) is 0 Å². The van der Waals surface area contributed by atoms with Gasteiger partial charge in [-0.05, 0) is 24.9 Å². The van der Waals surface area contributed by atoms with Crippen molar-refractivity contribution >= 4 is 33.3 Å². The molecule has 0 amide bonds. The predicted octanol–water partition coefficient (Wildman–Crippen LogP) is 3.73. The first-order valence-electron chi connectivity index (χ1n) is 3.43. The molecule has 0 N–H and O–H groups in total. The van der Waals surface area contributed by atoms with Gasteiger partial charge in [0.15, 0.2) is 0 Å². The molecular weight excluding hydrogens is 180 g/mol. The minimum Gasteiger partial charge on any atom is -0.150 e. The third kappa shape index (κ3) is 5.81. The van der Waals surface area contributed by atoms with Gasteiger partial charge in [-0.2, -0.15) is 11.8 Å². The highest BCUT2D eigenvalue weighted by Crippen LogP contribution is 2.34. The quantitative estimate of drug-likeness (QED) is 0.486. The van der Waals surface area contributed by atoms with Gasteiger partial charge < -0.3 is 0 Å². The summed E-state index contributed by atoms with van der Waals surface area (Å²) < 4.78 is 0.787. The van der Waals surface area contributed by atoms with Crippen LogP contribution in [0.1, 0.15) is 20.3 Å². The highest BCUT2D eigenvalue weighted by atomic mass is 33.1. The molecule has 0 aliphatic rings. The summed E-state index contributed by atoms with van der Waals surface area (Å²) in [5, 5.41) is 0. The van der Waals surface area contributed by atoms with Crippen molar-refractivity contribution in [1.29, 1.82) is 0 Å². The zero-order chi connectivity index (χ0) is 7.98. The molecule has 10 heavy (non-hydrogen) atoms. The van der Waals surface area contributed by atoms with Crippen LogP contribution in [0, 0.1) is 5.92 Å². The Hall–Kier alpha value is 1.05. The summed E-state index contributed by atoms with van der Waals surface area (Å²) in [5.74, 6) is 0.831. The molecule has 3 heteroatoms. The van der Waals surface area contributed by atoms with E-state index >= 15 is 0 Å². The second kappa shape index (κ2) is 6.74. The largest absolute Gasteiger partial charge is 0.150 e. The highest BCUT2D eigenvalue weighted by Gasteiger charge is 2.08. The lowest BCUT2D eigenvalue weighted by Crippen LogP contribution is -1.99. The van der Waals surface area contributed by atoms with Crippen molar-refractivity contribution < 1.29 is 0 Å². The van der Waals surface area contributed by atoms with E-state index in [0.29, 0.717) is 0 Å². The van der Waals surface area contributed by atoms with Crippen LogP contribution in [0.4, 0.5) is 0 Å². The van der Waals surface area contributed by atoms with Gasteiger partial charge in [-0.25, -0.2) is 0 Å². The summed E-state index contributed by atoms with van der Waals surface area (Å²) in [6, 6.07) is 0. The maximum absolute atomic E-state index is 2.28. The van der Waals surface area contributed by atoms with Gasteiger partial charge in [-0.3, -0.25) is 0 Å². The number of rotatable bonds is 5. The van der Waals surface area contributed by atoms with Crippen LogP contribution in [0.25, 0.3) is 0 Å². The monoisotopic (exact) mass is 196 g/mol. The predicted molar refractivity (Wildman–Crippen MR) is 57.9 cm³/mol. The minimum absolute atomic E-state index is 0.787. The molecule has 0 aliphatic heterocycles. The van der Waals surface area contributed by atoms with E-state index in [0.717, 1.165) is 10.5 Å². The Morgan fingerprint density at radius 2 is 1.80 bits per heavy atom. The van der Waals surface area contributed by atoms with Gasteiger partial charge in [0.1, 0.15) is 0 Å². The van der Waals surface area contributed by atoms with E-state index in [4.69, 9.17) is 0 Å². The van der Waals surface area contributed by atoms with E-state index in [-0.39, 0.29) is 0 Å². The zero-order valence-corrected chi connectivity index (χ0v) is 9.54. The third-order valence-electron chi connectivity index (χ3n) is 1.13. The van der Waals surface area contributed by atoms with Crippen molar-refractivity contribution in [3.63, 3.8) is 0 Å². The molecule has 0 rings (SSSR count). The molecule has 0 bridgehead atoms. The topological polar surface area (TPSA) is 0 Å². The van der Waals surface area contributed by atoms with Crippen molar-refractivity contribution in [3.05, 3.63) is 0 Å². The second-order valence-corrected chi connectivity index (χ2v) is 6.57. The third-order valence-corrected chi connectivity index (χ3v) is 4.95. The van der Waals surface area contributed by atoms with E-state index in [1.807, 2.05) is 33.3 Å². The molecule has 0 aromatic heterocycles. The molecule has 0 radical (unpaired) electrons. The molecule has 0 aromatic rings. The molecule has 0 saturated heterocycles. The average molecular weight is 196 g/mol. The molecule has 0 aromatic carbocycles. The first-order valence-corrected chi connectivity index (χ1v) is 7.33. The molecule has 0 saturated carbocycles. The smallest absolute Gasteiger partial charge is 0.0605 e. The Kier molecular flexibility index (Phi) is 7.45. The fourth-order valence-corrected chi connectivity index (χ4v) is 4.53. The zero-order valence-electron chi connectivity index (χ0n) is 7.09. The van der Waals surface area contributed by atoms with E-state index in [1.54, 1.807) is 0 Å². The van der Waals surface area contributed by atoms with E-state index in [9.17, 15) is 0 Å². The van der Waals surface area contributed by atoms with Gasteiger partial charge in [0.25, 0.3) is 0 Å². The summed E-state index contributed by atoms with van der Waals surface area (Å²) in [6.07, 6.45) is 5.66. The van der Waals surface area contributed by atoms with Crippen LogP contribution in [-0.4, -0.2) is 17.1 Å². The highest BCUT2D eigenvalue weighted by molar-refractivity contribution is 8.78. The van der Waals surface area contributed by atoms with E-state index < -0.39 is 0 Å². The summed E-state index contributed by atoms with van der Waals surface area (Å²) >= 11 is 1.96. The van der Waals surface area contributed by atoms with Crippen LogP contribution in [0.3, 0.4) is 0 Å². The maximum atomic E-state index is 2.28. The Morgan fingerprint density at radius 1 is 1.20 bits per heavy atom. The first kappa shape index (κ1) is 11.1. The molecule has 62 valence electrons. The van der Waals surface area contributed by atoms with Crippen LogP contribution < -0.4 is 0 Å². The number of hydrogen-bond donors (Lipinski definition) is 0. The molecule has 0 heterocycles. The van der Waals surface area contributed by atoms with Crippen molar-refractivity contribution in [2.24, 2.45) is 5.92 Å². The van der Waals surface area contributed by atoms with Crippen LogP contribution in [0.15, 0.2) is 0 Å². The van der Waals surface area contributed by atoms with Crippen molar-refractivity contribution in [2.45, 2.75) is 24.9 Å². The van der Waals surface area contributed by atoms with Crippen molar-refractivity contribution in [2.75, 3.05) is 12.5 Å². The Bertz CT molecular complexity index is 73.3. The molecule has 0 spiro atoms. The second-order valence-electron chi connectivity index (χ2n) is 2.56. The van der Waals surface area contributed by atoms with Crippen molar-refractivity contribution in [1.82, 2.24) is 0 Å². The van der Waals surface area contributed by atoms with Gasteiger partial charge in [0.2, 0.25) is 0 Å². The van der Waals surface area contributed by atoms with Crippen molar-refractivity contribution in [3.8, 4) is 0 Å². The molecule has 0 aliphatic carbocycles. The van der Waals surface area contributed by atoms with E-state index in [1.165, 1.54) is 6.42 Å². The standard InChI is InChI=1S/C7H16S3/c1-6(2)5-7(8-3)10-9-4/h6-7H,5H2,1-4H3. The Labute approximate surface area is 76.7 Å². The van der Waals surface area contributed by atoms with Gasteiger partial charge in [-0.15, -0.1) is 0 Å². The van der Waals surface area contributed by atoms with Gasteiger partial charge >= 0.3 is 0 Å². The summed E-state index contributed by atoms with van der Waals surface area (Å²) in [5.41, 5.74) is 0. The lowest BCUT2D eigenvalue weighted by Gasteiger charge is -2.13. The fourth-order valence-electron chi connectivity index (χ4n) is 0.667. The number of thioether (sulfide) groups is 1. The van der Waals surface area contributed by atoms with Crippen LogP contribution >= 0.6 is 33.3 Å². The SMILES string of the molecule is CSSC(CC(C)C)SC.